The van der Waals surface area contributed by atoms with Crippen LogP contribution in [0.4, 0.5) is 4.39 Å². The number of rotatable bonds is 1. The highest BCUT2D eigenvalue weighted by molar-refractivity contribution is 6.34. The molecule has 6 heteroatoms. The highest BCUT2D eigenvalue weighted by Crippen LogP contribution is 2.27. The molecule has 2 rings (SSSR count). The van der Waals surface area contributed by atoms with E-state index in [0.29, 0.717) is 0 Å². The van der Waals surface area contributed by atoms with Crippen molar-refractivity contribution >= 4 is 28.5 Å². The first kappa shape index (κ1) is 9.92. The molecule has 0 unspecified atom stereocenters. The Hall–Kier alpha value is -1.62. The van der Waals surface area contributed by atoms with Gasteiger partial charge in [0.15, 0.2) is 16.7 Å². The zero-order valence-corrected chi connectivity index (χ0v) is 8.42. The summed E-state index contributed by atoms with van der Waals surface area (Å²) in [5.41, 5.74) is -0.131. The summed E-state index contributed by atoms with van der Waals surface area (Å²) in [7, 11) is 1.43. The highest BCUT2D eigenvalue weighted by atomic mass is 35.5. The minimum atomic E-state index is -1.33. The number of hydrogen-bond donors (Lipinski definition) is 1. The molecule has 0 saturated carbocycles. The molecular weight excluding hydrogens is 223 g/mol. The lowest BCUT2D eigenvalue weighted by molar-refractivity contribution is 0.0682. The van der Waals surface area contributed by atoms with Crippen LogP contribution in [0.5, 0.6) is 0 Å². The number of carbonyl (C=O) groups is 1. The number of carboxylic acids is 1. The summed E-state index contributed by atoms with van der Waals surface area (Å²) in [4.78, 5) is 14.6. The third-order valence-corrected chi connectivity index (χ3v) is 2.47. The SMILES string of the molecule is Cn1c(C(=O)O)c(F)c2ccnc(Cl)c21. The first-order chi connectivity index (χ1) is 7.04. The lowest BCUT2D eigenvalue weighted by Crippen LogP contribution is -2.06. The smallest absolute Gasteiger partial charge is 0.355 e. The van der Waals surface area contributed by atoms with Crippen LogP contribution in [-0.2, 0) is 7.05 Å². The Balaban J connectivity index is 2.98. The number of nitrogens with zero attached hydrogens (tertiary/aromatic N) is 2. The van der Waals surface area contributed by atoms with Crippen molar-refractivity contribution in [3.05, 3.63) is 28.9 Å². The molecule has 0 spiro atoms. The normalized spacial score (nSPS) is 10.9. The molecular formula is C9H6ClFN2O2. The van der Waals surface area contributed by atoms with E-state index in [1.807, 2.05) is 0 Å². The lowest BCUT2D eigenvalue weighted by Gasteiger charge is -1.99. The second kappa shape index (κ2) is 3.20. The van der Waals surface area contributed by atoms with Gasteiger partial charge in [-0.25, -0.2) is 14.2 Å². The number of aromatic carboxylic acids is 1. The van der Waals surface area contributed by atoms with Gasteiger partial charge in [0.05, 0.1) is 5.52 Å². The lowest BCUT2D eigenvalue weighted by atomic mass is 10.3. The molecule has 2 heterocycles. The van der Waals surface area contributed by atoms with Crippen molar-refractivity contribution in [2.45, 2.75) is 0 Å². The Morgan fingerprint density at radius 3 is 2.87 bits per heavy atom. The number of carboxylic acid groups (broad SMARTS) is 1. The minimum absolute atomic E-state index is 0.0846. The molecule has 0 aliphatic heterocycles. The minimum Gasteiger partial charge on any atom is -0.476 e. The third-order valence-electron chi connectivity index (χ3n) is 2.20. The average molecular weight is 229 g/mol. The summed E-state index contributed by atoms with van der Waals surface area (Å²) in [6.07, 6.45) is 1.33. The maximum Gasteiger partial charge on any atom is 0.355 e. The van der Waals surface area contributed by atoms with Crippen LogP contribution in [0, 0.1) is 5.82 Å². The van der Waals surface area contributed by atoms with Gasteiger partial charge in [-0.1, -0.05) is 11.6 Å². The second-order valence-electron chi connectivity index (χ2n) is 3.02. The first-order valence-electron chi connectivity index (χ1n) is 4.05. The van der Waals surface area contributed by atoms with Gasteiger partial charge >= 0.3 is 5.97 Å². The predicted molar refractivity (Wildman–Crippen MR) is 52.6 cm³/mol. The summed E-state index contributed by atoms with van der Waals surface area (Å²) in [5.74, 6) is -2.12. The second-order valence-corrected chi connectivity index (χ2v) is 3.38. The van der Waals surface area contributed by atoms with Gasteiger partial charge in [0.1, 0.15) is 0 Å². The number of halogens is 2. The fourth-order valence-electron chi connectivity index (χ4n) is 1.55. The molecule has 0 atom stereocenters. The van der Waals surface area contributed by atoms with Gasteiger partial charge in [0, 0.05) is 18.6 Å². The largest absolute Gasteiger partial charge is 0.476 e. The number of hydrogen-bond acceptors (Lipinski definition) is 2. The third kappa shape index (κ3) is 1.27. The quantitative estimate of drug-likeness (QED) is 0.760. The van der Waals surface area contributed by atoms with Gasteiger partial charge < -0.3 is 9.67 Å². The summed E-state index contributed by atoms with van der Waals surface area (Å²) in [6, 6.07) is 1.39. The monoisotopic (exact) mass is 228 g/mol. The standard InChI is InChI=1S/C9H6ClFN2O2/c1-13-6-4(2-3-12-8(6)10)5(11)7(13)9(14)15/h2-3H,1H3,(H,14,15). The topological polar surface area (TPSA) is 55.1 Å². The van der Waals surface area contributed by atoms with Crippen molar-refractivity contribution in [2.75, 3.05) is 0 Å². The average Bonchev–Trinajstić information content (AvgIpc) is 2.40. The Bertz CT molecular complexity index is 565. The van der Waals surface area contributed by atoms with Crippen molar-refractivity contribution in [3.8, 4) is 0 Å². The van der Waals surface area contributed by atoms with Crippen LogP contribution < -0.4 is 0 Å². The molecule has 0 bridgehead atoms. The number of aromatic nitrogens is 2. The molecule has 0 aromatic carbocycles. The number of aryl methyl sites for hydroxylation is 1. The van der Waals surface area contributed by atoms with Crippen molar-refractivity contribution in [1.29, 1.82) is 0 Å². The molecule has 0 aliphatic carbocycles. The van der Waals surface area contributed by atoms with Gasteiger partial charge in [0.25, 0.3) is 0 Å². The fourth-order valence-corrected chi connectivity index (χ4v) is 1.83. The van der Waals surface area contributed by atoms with Crippen LogP contribution in [-0.4, -0.2) is 20.6 Å². The Morgan fingerprint density at radius 1 is 1.67 bits per heavy atom. The number of pyridine rings is 1. The van der Waals surface area contributed by atoms with Crippen LogP contribution in [0.15, 0.2) is 12.3 Å². The van der Waals surface area contributed by atoms with E-state index in [-0.39, 0.29) is 16.1 Å². The van der Waals surface area contributed by atoms with Gasteiger partial charge in [0.2, 0.25) is 0 Å². The van der Waals surface area contributed by atoms with E-state index >= 15 is 0 Å². The molecule has 0 amide bonds. The van der Waals surface area contributed by atoms with Crippen LogP contribution >= 0.6 is 11.6 Å². The van der Waals surface area contributed by atoms with Crippen molar-refractivity contribution in [3.63, 3.8) is 0 Å². The highest BCUT2D eigenvalue weighted by Gasteiger charge is 2.22. The van der Waals surface area contributed by atoms with Crippen LogP contribution in [0.3, 0.4) is 0 Å². The van der Waals surface area contributed by atoms with E-state index in [4.69, 9.17) is 16.7 Å². The summed E-state index contributed by atoms with van der Waals surface area (Å²) < 4.78 is 14.8. The van der Waals surface area contributed by atoms with Crippen LogP contribution in [0.2, 0.25) is 5.15 Å². The number of fused-ring (bicyclic) bond motifs is 1. The zero-order chi connectivity index (χ0) is 11.2. The molecule has 0 aliphatic rings. The van der Waals surface area contributed by atoms with E-state index in [1.54, 1.807) is 0 Å². The molecule has 1 N–H and O–H groups in total. The van der Waals surface area contributed by atoms with E-state index in [0.717, 1.165) is 0 Å². The fraction of sp³-hybridized carbons (Fsp3) is 0.111. The van der Waals surface area contributed by atoms with Crippen molar-refractivity contribution in [2.24, 2.45) is 7.05 Å². The Morgan fingerprint density at radius 2 is 2.33 bits per heavy atom. The van der Waals surface area contributed by atoms with Crippen molar-refractivity contribution < 1.29 is 14.3 Å². The zero-order valence-electron chi connectivity index (χ0n) is 7.66. The Kier molecular flexibility index (Phi) is 2.12. The molecule has 78 valence electrons. The summed E-state index contributed by atoms with van der Waals surface area (Å²) in [6.45, 7) is 0. The predicted octanol–water partition coefficient (Wildman–Crippen LogP) is 2.06. The molecule has 4 nitrogen and oxygen atoms in total. The molecule has 0 radical (unpaired) electrons. The van der Waals surface area contributed by atoms with Gasteiger partial charge in [-0.3, -0.25) is 0 Å². The van der Waals surface area contributed by atoms with E-state index in [1.165, 1.54) is 23.9 Å². The van der Waals surface area contributed by atoms with E-state index in [9.17, 15) is 9.18 Å². The molecule has 15 heavy (non-hydrogen) atoms. The van der Waals surface area contributed by atoms with Crippen LogP contribution in [0.1, 0.15) is 10.5 Å². The molecule has 2 aromatic rings. The van der Waals surface area contributed by atoms with Gasteiger partial charge in [-0.2, -0.15) is 0 Å². The first-order valence-corrected chi connectivity index (χ1v) is 4.43. The van der Waals surface area contributed by atoms with Crippen LogP contribution in [0.25, 0.3) is 10.9 Å². The molecule has 0 saturated heterocycles. The molecule has 0 fully saturated rings. The summed E-state index contributed by atoms with van der Waals surface area (Å²) in [5, 5.41) is 9.06. The van der Waals surface area contributed by atoms with E-state index in [2.05, 4.69) is 4.98 Å². The molecule has 2 aromatic heterocycles. The summed E-state index contributed by atoms with van der Waals surface area (Å²) >= 11 is 5.76. The van der Waals surface area contributed by atoms with Gasteiger partial charge in [-0.05, 0) is 6.07 Å². The van der Waals surface area contributed by atoms with Gasteiger partial charge in [-0.15, -0.1) is 0 Å². The van der Waals surface area contributed by atoms with E-state index < -0.39 is 17.5 Å². The Labute approximate surface area is 88.9 Å². The maximum absolute atomic E-state index is 13.6. The maximum atomic E-state index is 13.6. The van der Waals surface area contributed by atoms with Crippen molar-refractivity contribution in [1.82, 2.24) is 9.55 Å².